The summed E-state index contributed by atoms with van der Waals surface area (Å²) < 4.78 is 0. The van der Waals surface area contributed by atoms with E-state index >= 15 is 0 Å². The highest BCUT2D eigenvalue weighted by Crippen LogP contribution is 2.47. The summed E-state index contributed by atoms with van der Waals surface area (Å²) in [5, 5.41) is 13.0. The van der Waals surface area contributed by atoms with E-state index in [2.05, 4.69) is 44.8 Å². The van der Waals surface area contributed by atoms with Crippen molar-refractivity contribution in [3.63, 3.8) is 0 Å². The Morgan fingerprint density at radius 3 is 2.32 bits per heavy atom. The number of hydrogen-bond donors (Lipinski definition) is 2. The molecule has 1 aliphatic carbocycles. The summed E-state index contributed by atoms with van der Waals surface area (Å²) in [6.45, 7) is 14.4. The van der Waals surface area contributed by atoms with E-state index in [-0.39, 0.29) is 11.3 Å². The van der Waals surface area contributed by atoms with Gasteiger partial charge < -0.3 is 15.3 Å². The average Bonchev–Trinajstić information content (AvgIpc) is 2.55. The lowest BCUT2D eigenvalue weighted by Crippen LogP contribution is -2.56. The van der Waals surface area contributed by atoms with Crippen LogP contribution in [0, 0.1) is 11.3 Å². The van der Waals surface area contributed by atoms with Gasteiger partial charge in [0.1, 0.15) is 5.54 Å². The number of carboxylic acids is 1. The molecule has 112 valence electrons. The van der Waals surface area contributed by atoms with Crippen LogP contribution in [0.25, 0.3) is 0 Å². The van der Waals surface area contributed by atoms with Crippen molar-refractivity contribution >= 4 is 5.97 Å². The van der Waals surface area contributed by atoms with E-state index in [1.54, 1.807) is 0 Å². The third kappa shape index (κ3) is 3.69. The van der Waals surface area contributed by atoms with E-state index in [0.29, 0.717) is 0 Å². The van der Waals surface area contributed by atoms with Gasteiger partial charge in [-0.2, -0.15) is 0 Å². The molecule has 4 nitrogen and oxygen atoms in total. The minimum atomic E-state index is -0.739. The van der Waals surface area contributed by atoms with Gasteiger partial charge in [0.25, 0.3) is 0 Å². The number of carbonyl (C=O) groups is 1. The zero-order valence-electron chi connectivity index (χ0n) is 13.1. The van der Waals surface area contributed by atoms with Gasteiger partial charge >= 0.3 is 5.97 Å². The Labute approximate surface area is 117 Å². The SMILES string of the molecule is CCN(CC)CCNC1(C(=O)O)CC(C)(C)CC1C. The first-order valence-electron chi connectivity index (χ1n) is 7.48. The van der Waals surface area contributed by atoms with Gasteiger partial charge in [-0.1, -0.05) is 34.6 Å². The van der Waals surface area contributed by atoms with Crippen molar-refractivity contribution in [1.82, 2.24) is 10.2 Å². The first-order chi connectivity index (χ1) is 8.77. The molecule has 0 aliphatic heterocycles. The lowest BCUT2D eigenvalue weighted by atomic mass is 9.86. The zero-order valence-corrected chi connectivity index (χ0v) is 13.1. The minimum absolute atomic E-state index is 0.111. The molecule has 0 heterocycles. The van der Waals surface area contributed by atoms with Crippen LogP contribution in [0.1, 0.15) is 47.5 Å². The molecule has 2 N–H and O–H groups in total. The van der Waals surface area contributed by atoms with E-state index in [4.69, 9.17) is 0 Å². The second kappa shape index (κ2) is 6.23. The van der Waals surface area contributed by atoms with Gasteiger partial charge in [0.05, 0.1) is 0 Å². The zero-order chi connectivity index (χ0) is 14.7. The highest BCUT2D eigenvalue weighted by molar-refractivity contribution is 5.80. The first-order valence-corrected chi connectivity index (χ1v) is 7.48. The molecular formula is C15H30N2O2. The number of hydrogen-bond acceptors (Lipinski definition) is 3. The van der Waals surface area contributed by atoms with E-state index in [1.165, 1.54) is 0 Å². The smallest absolute Gasteiger partial charge is 0.324 e. The van der Waals surface area contributed by atoms with Crippen LogP contribution in [0.3, 0.4) is 0 Å². The van der Waals surface area contributed by atoms with E-state index in [0.717, 1.165) is 39.0 Å². The molecule has 1 fully saturated rings. The molecular weight excluding hydrogens is 240 g/mol. The van der Waals surface area contributed by atoms with Crippen molar-refractivity contribution in [3.8, 4) is 0 Å². The standard InChI is InChI=1S/C15H30N2O2/c1-6-17(7-2)9-8-16-15(13(18)19)11-14(4,5)10-12(15)3/h12,16H,6-11H2,1-5H3,(H,18,19). The first kappa shape index (κ1) is 16.4. The Hall–Kier alpha value is -0.610. The number of carboxylic acid groups (broad SMARTS) is 1. The highest BCUT2D eigenvalue weighted by atomic mass is 16.4. The summed E-state index contributed by atoms with van der Waals surface area (Å²) in [5.41, 5.74) is -0.628. The van der Waals surface area contributed by atoms with Crippen LogP contribution in [0.4, 0.5) is 0 Å². The van der Waals surface area contributed by atoms with Gasteiger partial charge in [-0.15, -0.1) is 0 Å². The van der Waals surface area contributed by atoms with E-state index in [9.17, 15) is 9.90 Å². The van der Waals surface area contributed by atoms with Crippen LogP contribution in [-0.2, 0) is 4.79 Å². The monoisotopic (exact) mass is 270 g/mol. The van der Waals surface area contributed by atoms with E-state index in [1.807, 2.05) is 0 Å². The number of nitrogens with one attached hydrogen (secondary N) is 1. The second-order valence-electron chi connectivity index (χ2n) is 6.68. The molecule has 0 amide bonds. The average molecular weight is 270 g/mol. The van der Waals surface area contributed by atoms with Gasteiger partial charge in [-0.25, -0.2) is 0 Å². The predicted molar refractivity (Wildman–Crippen MR) is 78.3 cm³/mol. The van der Waals surface area contributed by atoms with Crippen molar-refractivity contribution in [3.05, 3.63) is 0 Å². The fourth-order valence-corrected chi connectivity index (χ4v) is 3.58. The third-order valence-electron chi connectivity index (χ3n) is 4.60. The Bertz CT molecular complexity index is 313. The molecule has 0 radical (unpaired) electrons. The number of aliphatic carboxylic acids is 1. The van der Waals surface area contributed by atoms with Gasteiger partial charge in [0.15, 0.2) is 0 Å². The molecule has 0 spiro atoms. The van der Waals surface area contributed by atoms with Crippen LogP contribution in [0.2, 0.25) is 0 Å². The summed E-state index contributed by atoms with van der Waals surface area (Å²) in [5.74, 6) is -0.512. The maximum Gasteiger partial charge on any atom is 0.324 e. The second-order valence-corrected chi connectivity index (χ2v) is 6.68. The molecule has 2 atom stereocenters. The number of rotatable bonds is 7. The van der Waals surface area contributed by atoms with Crippen molar-refractivity contribution in [1.29, 1.82) is 0 Å². The van der Waals surface area contributed by atoms with E-state index < -0.39 is 11.5 Å². The summed E-state index contributed by atoms with van der Waals surface area (Å²) in [7, 11) is 0. The summed E-state index contributed by atoms with van der Waals surface area (Å²) in [6, 6.07) is 0. The largest absolute Gasteiger partial charge is 0.480 e. The summed E-state index contributed by atoms with van der Waals surface area (Å²) >= 11 is 0. The van der Waals surface area contributed by atoms with Gasteiger partial charge in [0, 0.05) is 13.1 Å². The van der Waals surface area contributed by atoms with Crippen molar-refractivity contribution in [2.24, 2.45) is 11.3 Å². The number of likely N-dealkylation sites (N-methyl/N-ethyl adjacent to an activating group) is 1. The molecule has 2 unspecified atom stereocenters. The molecule has 1 saturated carbocycles. The fourth-order valence-electron chi connectivity index (χ4n) is 3.58. The lowest BCUT2D eigenvalue weighted by molar-refractivity contribution is -0.146. The Balaban J connectivity index is 2.67. The Morgan fingerprint density at radius 2 is 1.95 bits per heavy atom. The Kier molecular flexibility index (Phi) is 5.39. The van der Waals surface area contributed by atoms with Crippen molar-refractivity contribution < 1.29 is 9.90 Å². The van der Waals surface area contributed by atoms with Crippen LogP contribution in [0.15, 0.2) is 0 Å². The van der Waals surface area contributed by atoms with Crippen LogP contribution in [-0.4, -0.2) is 47.7 Å². The van der Waals surface area contributed by atoms with Crippen molar-refractivity contribution in [2.75, 3.05) is 26.2 Å². The van der Waals surface area contributed by atoms with Crippen LogP contribution < -0.4 is 5.32 Å². The topological polar surface area (TPSA) is 52.6 Å². The van der Waals surface area contributed by atoms with Crippen LogP contribution >= 0.6 is 0 Å². The quantitative estimate of drug-likeness (QED) is 0.744. The highest BCUT2D eigenvalue weighted by Gasteiger charge is 2.53. The molecule has 0 aromatic rings. The molecule has 4 heteroatoms. The fraction of sp³-hybridized carbons (Fsp3) is 0.933. The minimum Gasteiger partial charge on any atom is -0.480 e. The molecule has 1 rings (SSSR count). The summed E-state index contributed by atoms with van der Waals surface area (Å²) in [4.78, 5) is 14.1. The molecule has 0 aromatic carbocycles. The molecule has 19 heavy (non-hydrogen) atoms. The van der Waals surface area contributed by atoms with Gasteiger partial charge in [-0.3, -0.25) is 4.79 Å². The maximum atomic E-state index is 11.8. The molecule has 1 aliphatic rings. The summed E-state index contributed by atoms with van der Waals surface area (Å²) in [6.07, 6.45) is 1.69. The van der Waals surface area contributed by atoms with Crippen molar-refractivity contribution in [2.45, 2.75) is 53.0 Å². The maximum absolute atomic E-state index is 11.8. The molecule has 0 aromatic heterocycles. The Morgan fingerprint density at radius 1 is 1.37 bits per heavy atom. The van der Waals surface area contributed by atoms with Crippen LogP contribution in [0.5, 0.6) is 0 Å². The van der Waals surface area contributed by atoms with Gasteiger partial charge in [0.2, 0.25) is 0 Å². The predicted octanol–water partition coefficient (Wildman–Crippen LogP) is 2.20. The number of nitrogens with zero attached hydrogens (tertiary/aromatic N) is 1. The van der Waals surface area contributed by atoms with Gasteiger partial charge in [-0.05, 0) is 37.3 Å². The normalized spacial score (nSPS) is 29.9. The molecule has 0 bridgehead atoms. The third-order valence-corrected chi connectivity index (χ3v) is 4.60. The lowest BCUT2D eigenvalue weighted by Gasteiger charge is -2.32. The molecule has 0 saturated heterocycles.